The summed E-state index contributed by atoms with van der Waals surface area (Å²) in [7, 11) is 5.10. The molecule has 0 radical (unpaired) electrons. The SMILES string of the molecule is COc1cccc(O[C@H]2CCc3cc(C(=O)N(C)C)ccc3N(C(=O)[C@@H](C)c3ccccc3)C2)c1. The fourth-order valence-corrected chi connectivity index (χ4v) is 4.44. The molecular weight excluding hydrogens is 440 g/mol. The molecule has 1 aliphatic rings. The second-order valence-corrected chi connectivity index (χ2v) is 9.08. The number of carbonyl (C=O) groups excluding carboxylic acids is 2. The molecule has 0 bridgehead atoms. The maximum Gasteiger partial charge on any atom is 0.253 e. The van der Waals surface area contributed by atoms with Gasteiger partial charge in [-0.15, -0.1) is 0 Å². The number of carbonyl (C=O) groups is 2. The first-order valence-electron chi connectivity index (χ1n) is 11.9. The molecule has 0 N–H and O–H groups in total. The Kier molecular flexibility index (Phi) is 7.39. The number of rotatable bonds is 6. The first-order chi connectivity index (χ1) is 16.9. The minimum Gasteiger partial charge on any atom is -0.497 e. The molecule has 2 amide bonds. The van der Waals surface area contributed by atoms with Gasteiger partial charge in [-0.1, -0.05) is 36.4 Å². The van der Waals surface area contributed by atoms with Crippen LogP contribution in [0.2, 0.25) is 0 Å². The molecule has 0 aliphatic carbocycles. The Bertz CT molecular complexity index is 1190. The predicted molar refractivity (Wildman–Crippen MR) is 137 cm³/mol. The van der Waals surface area contributed by atoms with Crippen molar-refractivity contribution in [3.63, 3.8) is 0 Å². The minimum absolute atomic E-state index is 0.00489. The molecule has 0 aromatic heterocycles. The maximum absolute atomic E-state index is 13.8. The quantitative estimate of drug-likeness (QED) is 0.511. The zero-order valence-electron chi connectivity index (χ0n) is 20.7. The lowest BCUT2D eigenvalue weighted by Gasteiger charge is -2.29. The van der Waals surface area contributed by atoms with E-state index in [9.17, 15) is 9.59 Å². The Hall–Kier alpha value is -3.80. The van der Waals surface area contributed by atoms with Crippen molar-refractivity contribution < 1.29 is 19.1 Å². The van der Waals surface area contributed by atoms with Crippen LogP contribution in [0.4, 0.5) is 5.69 Å². The van der Waals surface area contributed by atoms with E-state index in [1.165, 1.54) is 0 Å². The van der Waals surface area contributed by atoms with Crippen molar-refractivity contribution in [1.82, 2.24) is 4.90 Å². The number of aryl methyl sites for hydroxylation is 1. The van der Waals surface area contributed by atoms with Crippen molar-refractivity contribution in [2.75, 3.05) is 32.6 Å². The van der Waals surface area contributed by atoms with Crippen molar-refractivity contribution in [3.05, 3.63) is 89.5 Å². The average molecular weight is 473 g/mol. The van der Waals surface area contributed by atoms with Gasteiger partial charge < -0.3 is 19.3 Å². The van der Waals surface area contributed by atoms with Crippen LogP contribution in [0.3, 0.4) is 0 Å². The van der Waals surface area contributed by atoms with E-state index in [1.54, 1.807) is 32.2 Å². The lowest BCUT2D eigenvalue weighted by Crippen LogP contribution is -2.41. The summed E-state index contributed by atoms with van der Waals surface area (Å²) in [6.07, 6.45) is 1.20. The highest BCUT2D eigenvalue weighted by Gasteiger charge is 2.31. The van der Waals surface area contributed by atoms with Crippen molar-refractivity contribution in [2.45, 2.75) is 31.8 Å². The zero-order valence-corrected chi connectivity index (χ0v) is 20.7. The number of hydrogen-bond acceptors (Lipinski definition) is 4. The number of anilines is 1. The topological polar surface area (TPSA) is 59.1 Å². The monoisotopic (exact) mass is 472 g/mol. The summed E-state index contributed by atoms with van der Waals surface area (Å²) in [5, 5.41) is 0. The van der Waals surface area contributed by atoms with Crippen LogP contribution in [0, 0.1) is 0 Å². The van der Waals surface area contributed by atoms with Gasteiger partial charge in [0.15, 0.2) is 0 Å². The summed E-state index contributed by atoms with van der Waals surface area (Å²) in [5.41, 5.74) is 3.39. The number of benzene rings is 3. The smallest absolute Gasteiger partial charge is 0.253 e. The molecule has 0 fully saturated rings. The summed E-state index contributed by atoms with van der Waals surface area (Å²) in [6, 6.07) is 22.9. The van der Waals surface area contributed by atoms with Crippen LogP contribution in [0.25, 0.3) is 0 Å². The van der Waals surface area contributed by atoms with E-state index in [-0.39, 0.29) is 23.8 Å². The van der Waals surface area contributed by atoms with E-state index in [0.29, 0.717) is 30.7 Å². The van der Waals surface area contributed by atoms with Gasteiger partial charge in [0.25, 0.3) is 5.91 Å². The molecule has 6 heteroatoms. The molecule has 0 saturated heterocycles. The lowest BCUT2D eigenvalue weighted by molar-refractivity contribution is -0.120. The first kappa shape index (κ1) is 24.3. The van der Waals surface area contributed by atoms with E-state index in [2.05, 4.69) is 0 Å². The summed E-state index contributed by atoms with van der Waals surface area (Å²) >= 11 is 0. The Morgan fingerprint density at radius 3 is 2.43 bits per heavy atom. The van der Waals surface area contributed by atoms with Crippen molar-refractivity contribution in [3.8, 4) is 11.5 Å². The highest BCUT2D eigenvalue weighted by Crippen LogP contribution is 2.32. The zero-order chi connectivity index (χ0) is 24.9. The third kappa shape index (κ3) is 5.48. The van der Waals surface area contributed by atoms with Crippen molar-refractivity contribution in [1.29, 1.82) is 0 Å². The molecule has 1 heterocycles. The average Bonchev–Trinajstić information content (AvgIpc) is 3.07. The fraction of sp³-hybridized carbons (Fsp3) is 0.310. The number of methoxy groups -OCH3 is 1. The minimum atomic E-state index is -0.317. The molecule has 0 saturated carbocycles. The molecule has 35 heavy (non-hydrogen) atoms. The fourth-order valence-electron chi connectivity index (χ4n) is 4.44. The summed E-state index contributed by atoms with van der Waals surface area (Å²) < 4.78 is 11.7. The lowest BCUT2D eigenvalue weighted by atomic mass is 9.98. The highest BCUT2D eigenvalue weighted by molar-refractivity contribution is 6.00. The molecule has 0 unspecified atom stereocenters. The Morgan fingerprint density at radius 1 is 0.971 bits per heavy atom. The molecule has 6 nitrogen and oxygen atoms in total. The van der Waals surface area contributed by atoms with Gasteiger partial charge >= 0.3 is 0 Å². The molecule has 1 aliphatic heterocycles. The molecule has 2 atom stereocenters. The van der Waals surface area contributed by atoms with Gasteiger partial charge in [0.05, 0.1) is 19.6 Å². The van der Waals surface area contributed by atoms with E-state index in [1.807, 2.05) is 78.6 Å². The predicted octanol–water partition coefficient (Wildman–Crippen LogP) is 4.93. The molecular formula is C29H32N2O4. The molecule has 3 aromatic carbocycles. The van der Waals surface area contributed by atoms with Crippen LogP contribution >= 0.6 is 0 Å². The van der Waals surface area contributed by atoms with Gasteiger partial charge in [0, 0.05) is 31.4 Å². The van der Waals surface area contributed by atoms with Gasteiger partial charge in [-0.3, -0.25) is 9.59 Å². The largest absolute Gasteiger partial charge is 0.497 e. The van der Waals surface area contributed by atoms with E-state index in [4.69, 9.17) is 9.47 Å². The number of amides is 2. The van der Waals surface area contributed by atoms with Crippen LogP contribution < -0.4 is 14.4 Å². The number of hydrogen-bond donors (Lipinski definition) is 0. The Morgan fingerprint density at radius 2 is 1.71 bits per heavy atom. The van der Waals surface area contributed by atoms with E-state index >= 15 is 0 Å². The molecule has 4 rings (SSSR count). The Labute approximate surface area is 207 Å². The van der Waals surface area contributed by atoms with Crippen LogP contribution in [0.1, 0.15) is 40.7 Å². The van der Waals surface area contributed by atoms with E-state index in [0.717, 1.165) is 22.6 Å². The second-order valence-electron chi connectivity index (χ2n) is 9.08. The Balaban J connectivity index is 1.68. The normalized spacial score (nSPS) is 16.0. The van der Waals surface area contributed by atoms with Gasteiger partial charge in [0.2, 0.25) is 5.91 Å². The number of ether oxygens (including phenoxy) is 2. The standard InChI is InChI=1S/C29H32N2O4/c1-20(21-9-6-5-7-10-21)28(32)31-19-26(35-25-12-8-11-24(18-25)34-4)15-13-22-17-23(14-16-27(22)31)29(33)30(2)3/h5-12,14,16-18,20,26H,13,15,19H2,1-4H3/t20-,26-/m0/s1. The van der Waals surface area contributed by atoms with Gasteiger partial charge in [0.1, 0.15) is 17.6 Å². The third-order valence-corrected chi connectivity index (χ3v) is 6.43. The van der Waals surface area contributed by atoms with Crippen molar-refractivity contribution in [2.24, 2.45) is 0 Å². The molecule has 0 spiro atoms. The van der Waals surface area contributed by atoms with Crippen molar-refractivity contribution >= 4 is 17.5 Å². The van der Waals surface area contributed by atoms with E-state index < -0.39 is 0 Å². The van der Waals surface area contributed by atoms with Gasteiger partial charge in [-0.25, -0.2) is 0 Å². The van der Waals surface area contributed by atoms with Crippen LogP contribution in [-0.2, 0) is 11.2 Å². The second kappa shape index (κ2) is 10.6. The van der Waals surface area contributed by atoms with Crippen LogP contribution in [0.5, 0.6) is 11.5 Å². The third-order valence-electron chi connectivity index (χ3n) is 6.43. The number of fused-ring (bicyclic) bond motifs is 1. The van der Waals surface area contributed by atoms with Gasteiger partial charge in [-0.05, 0) is 61.2 Å². The van der Waals surface area contributed by atoms with Crippen LogP contribution in [-0.4, -0.2) is 50.6 Å². The van der Waals surface area contributed by atoms with Gasteiger partial charge in [-0.2, -0.15) is 0 Å². The maximum atomic E-state index is 13.8. The summed E-state index contributed by atoms with van der Waals surface area (Å²) in [6.45, 7) is 2.35. The molecule has 182 valence electrons. The molecule has 3 aromatic rings. The summed E-state index contributed by atoms with van der Waals surface area (Å²) in [5.74, 6) is 1.05. The first-order valence-corrected chi connectivity index (χ1v) is 11.9. The van der Waals surface area contributed by atoms with Crippen LogP contribution in [0.15, 0.2) is 72.8 Å². The summed E-state index contributed by atoms with van der Waals surface area (Å²) in [4.78, 5) is 29.8. The number of nitrogens with zero attached hydrogens (tertiary/aromatic N) is 2. The highest BCUT2D eigenvalue weighted by atomic mass is 16.5.